The van der Waals surface area contributed by atoms with Gasteiger partial charge in [0.1, 0.15) is 5.60 Å². The Labute approximate surface area is 160 Å². The van der Waals surface area contributed by atoms with Gasteiger partial charge in [-0.15, -0.1) is 0 Å². The second-order valence-corrected chi connectivity index (χ2v) is 9.66. The molecule has 1 aromatic heterocycles. The molecule has 0 unspecified atom stereocenters. The van der Waals surface area contributed by atoms with Crippen molar-refractivity contribution in [3.8, 4) is 0 Å². The Kier molecular flexibility index (Phi) is 6.46. The summed E-state index contributed by atoms with van der Waals surface area (Å²) in [7, 11) is -3.41. The standard InChI is InChI=1S/C18H27N3O5S/c1-18(2,3)26-17(23)21-10-7-13(8-11-21)16(22)20-12-14-15(27(4,24)25)6-5-9-19-14/h5-6,9,13H,7-8,10-12H2,1-4H3,(H,20,22). The van der Waals surface area contributed by atoms with E-state index in [1.807, 2.05) is 20.8 Å². The number of nitrogens with one attached hydrogen (secondary N) is 1. The van der Waals surface area contributed by atoms with Crippen molar-refractivity contribution in [1.82, 2.24) is 15.2 Å². The first-order valence-electron chi connectivity index (χ1n) is 8.87. The zero-order valence-corrected chi connectivity index (χ0v) is 17.0. The molecule has 2 amide bonds. The molecule has 2 heterocycles. The maximum Gasteiger partial charge on any atom is 0.410 e. The minimum atomic E-state index is -3.41. The third kappa shape index (κ3) is 6.20. The van der Waals surface area contributed by atoms with Gasteiger partial charge in [0.25, 0.3) is 0 Å². The van der Waals surface area contributed by atoms with Crippen LogP contribution in [0.3, 0.4) is 0 Å². The summed E-state index contributed by atoms with van der Waals surface area (Å²) in [6, 6.07) is 3.03. The third-order valence-corrected chi connectivity index (χ3v) is 5.37. The van der Waals surface area contributed by atoms with E-state index < -0.39 is 15.4 Å². The van der Waals surface area contributed by atoms with Gasteiger partial charge in [0.05, 0.1) is 17.1 Å². The van der Waals surface area contributed by atoms with Crippen molar-refractivity contribution in [3.63, 3.8) is 0 Å². The molecule has 1 N–H and O–H groups in total. The van der Waals surface area contributed by atoms with Gasteiger partial charge < -0.3 is 15.0 Å². The number of carbonyl (C=O) groups excluding carboxylic acids is 2. The van der Waals surface area contributed by atoms with E-state index in [2.05, 4.69) is 10.3 Å². The molecule has 0 spiro atoms. The van der Waals surface area contributed by atoms with Crippen LogP contribution in [-0.4, -0.2) is 55.2 Å². The van der Waals surface area contributed by atoms with E-state index in [-0.39, 0.29) is 29.4 Å². The molecular weight excluding hydrogens is 370 g/mol. The zero-order valence-electron chi connectivity index (χ0n) is 16.2. The Morgan fingerprint density at radius 3 is 2.48 bits per heavy atom. The number of pyridine rings is 1. The van der Waals surface area contributed by atoms with Crippen molar-refractivity contribution in [1.29, 1.82) is 0 Å². The first-order valence-corrected chi connectivity index (χ1v) is 10.8. The number of hydrogen-bond acceptors (Lipinski definition) is 6. The van der Waals surface area contributed by atoms with E-state index in [1.165, 1.54) is 12.3 Å². The van der Waals surface area contributed by atoms with Crippen LogP contribution in [0.4, 0.5) is 4.79 Å². The van der Waals surface area contributed by atoms with Crippen LogP contribution in [0.2, 0.25) is 0 Å². The van der Waals surface area contributed by atoms with Crippen LogP contribution in [0, 0.1) is 5.92 Å². The lowest BCUT2D eigenvalue weighted by molar-refractivity contribution is -0.126. The quantitative estimate of drug-likeness (QED) is 0.830. The molecule has 1 aliphatic rings. The normalized spacial score (nSPS) is 16.1. The van der Waals surface area contributed by atoms with E-state index >= 15 is 0 Å². The molecule has 27 heavy (non-hydrogen) atoms. The van der Waals surface area contributed by atoms with Crippen LogP contribution >= 0.6 is 0 Å². The molecule has 9 heteroatoms. The van der Waals surface area contributed by atoms with Gasteiger partial charge in [0, 0.05) is 31.5 Å². The fourth-order valence-corrected chi connectivity index (χ4v) is 3.74. The summed E-state index contributed by atoms with van der Waals surface area (Å²) in [6.45, 7) is 6.39. The predicted octanol–water partition coefficient (Wildman–Crippen LogP) is 1.75. The fraction of sp³-hybridized carbons (Fsp3) is 0.611. The predicted molar refractivity (Wildman–Crippen MR) is 99.7 cm³/mol. The van der Waals surface area contributed by atoms with Crippen LogP contribution in [0.15, 0.2) is 23.2 Å². The lowest BCUT2D eigenvalue weighted by atomic mass is 9.96. The third-order valence-electron chi connectivity index (χ3n) is 4.20. The van der Waals surface area contributed by atoms with Crippen LogP contribution < -0.4 is 5.32 Å². The maximum absolute atomic E-state index is 12.4. The number of hydrogen-bond donors (Lipinski definition) is 1. The van der Waals surface area contributed by atoms with Crippen molar-refractivity contribution in [2.45, 2.75) is 50.7 Å². The van der Waals surface area contributed by atoms with Crippen molar-refractivity contribution in [2.75, 3.05) is 19.3 Å². The van der Waals surface area contributed by atoms with E-state index in [0.29, 0.717) is 31.6 Å². The number of amides is 2. The highest BCUT2D eigenvalue weighted by Gasteiger charge is 2.30. The van der Waals surface area contributed by atoms with Gasteiger partial charge in [-0.2, -0.15) is 0 Å². The van der Waals surface area contributed by atoms with E-state index in [9.17, 15) is 18.0 Å². The van der Waals surface area contributed by atoms with Gasteiger partial charge in [-0.1, -0.05) is 0 Å². The number of piperidine rings is 1. The highest BCUT2D eigenvalue weighted by atomic mass is 32.2. The number of sulfone groups is 1. The smallest absolute Gasteiger partial charge is 0.410 e. The fourth-order valence-electron chi connectivity index (χ4n) is 2.86. The van der Waals surface area contributed by atoms with Gasteiger partial charge in [-0.05, 0) is 45.7 Å². The minimum Gasteiger partial charge on any atom is -0.444 e. The van der Waals surface area contributed by atoms with Gasteiger partial charge >= 0.3 is 6.09 Å². The number of nitrogens with zero attached hydrogens (tertiary/aromatic N) is 2. The van der Waals surface area contributed by atoms with Crippen LogP contribution in [-0.2, 0) is 25.9 Å². The summed E-state index contributed by atoms with van der Waals surface area (Å²) < 4.78 is 28.9. The van der Waals surface area contributed by atoms with Gasteiger partial charge in [0.15, 0.2) is 9.84 Å². The molecule has 0 bridgehead atoms. The molecule has 0 atom stereocenters. The zero-order chi connectivity index (χ0) is 20.2. The molecule has 1 aliphatic heterocycles. The van der Waals surface area contributed by atoms with Gasteiger partial charge in [-0.25, -0.2) is 13.2 Å². The van der Waals surface area contributed by atoms with Crippen molar-refractivity contribution >= 4 is 21.8 Å². The molecule has 1 saturated heterocycles. The van der Waals surface area contributed by atoms with E-state index in [1.54, 1.807) is 11.0 Å². The van der Waals surface area contributed by atoms with Crippen molar-refractivity contribution in [3.05, 3.63) is 24.0 Å². The van der Waals surface area contributed by atoms with E-state index in [0.717, 1.165) is 6.26 Å². The number of carbonyl (C=O) groups is 2. The highest BCUT2D eigenvalue weighted by Crippen LogP contribution is 2.20. The number of likely N-dealkylation sites (tertiary alicyclic amines) is 1. The van der Waals surface area contributed by atoms with Crippen molar-refractivity contribution in [2.24, 2.45) is 5.92 Å². The molecule has 0 saturated carbocycles. The first-order chi connectivity index (χ1) is 12.5. The summed E-state index contributed by atoms with van der Waals surface area (Å²) in [5.41, 5.74) is -0.231. The van der Waals surface area contributed by atoms with Gasteiger partial charge in [-0.3, -0.25) is 9.78 Å². The summed E-state index contributed by atoms with van der Waals surface area (Å²) in [6.07, 6.45) is 3.31. The molecule has 1 aromatic rings. The average Bonchev–Trinajstić information content (AvgIpc) is 2.58. The second-order valence-electron chi connectivity index (χ2n) is 7.68. The molecule has 8 nitrogen and oxygen atoms in total. The number of rotatable bonds is 4. The topological polar surface area (TPSA) is 106 Å². The molecule has 2 rings (SSSR count). The molecule has 0 aromatic carbocycles. The SMILES string of the molecule is CC(C)(C)OC(=O)N1CCC(C(=O)NCc2ncccc2S(C)(=O)=O)CC1. The van der Waals surface area contributed by atoms with Crippen molar-refractivity contribution < 1.29 is 22.7 Å². The lowest BCUT2D eigenvalue weighted by Gasteiger charge is -2.32. The largest absolute Gasteiger partial charge is 0.444 e. The Hall–Kier alpha value is -2.16. The molecule has 0 aliphatic carbocycles. The van der Waals surface area contributed by atoms with Crippen LogP contribution in [0.25, 0.3) is 0 Å². The highest BCUT2D eigenvalue weighted by molar-refractivity contribution is 7.90. The van der Waals surface area contributed by atoms with Crippen LogP contribution in [0.1, 0.15) is 39.3 Å². The Morgan fingerprint density at radius 2 is 1.93 bits per heavy atom. The van der Waals surface area contributed by atoms with Gasteiger partial charge in [0.2, 0.25) is 5.91 Å². The number of aromatic nitrogens is 1. The summed E-state index contributed by atoms with van der Waals surface area (Å²) in [5.74, 6) is -0.391. The second kappa shape index (κ2) is 8.24. The summed E-state index contributed by atoms with van der Waals surface area (Å²) in [5, 5.41) is 2.76. The van der Waals surface area contributed by atoms with E-state index in [4.69, 9.17) is 4.74 Å². The monoisotopic (exact) mass is 397 g/mol. The molecule has 0 radical (unpaired) electrons. The maximum atomic E-state index is 12.4. The molecule has 1 fully saturated rings. The molecular formula is C18H27N3O5S. The Balaban J connectivity index is 1.88. The Bertz CT molecular complexity index is 793. The Morgan fingerprint density at radius 1 is 1.30 bits per heavy atom. The first kappa shape index (κ1) is 21.1. The molecule has 150 valence electrons. The minimum absolute atomic E-state index is 0.0500. The van der Waals surface area contributed by atoms with Crippen LogP contribution in [0.5, 0.6) is 0 Å². The lowest BCUT2D eigenvalue weighted by Crippen LogP contribution is -2.44. The average molecular weight is 397 g/mol. The number of ether oxygens (including phenoxy) is 1. The summed E-state index contributed by atoms with van der Waals surface area (Å²) in [4.78, 5) is 30.3. The summed E-state index contributed by atoms with van der Waals surface area (Å²) >= 11 is 0.